The molecule has 0 fully saturated rings. The Bertz CT molecular complexity index is 679. The van der Waals surface area contributed by atoms with Crippen LogP contribution in [-0.4, -0.2) is 16.1 Å². The molecule has 0 aliphatic carbocycles. The van der Waals surface area contributed by atoms with Gasteiger partial charge in [0.2, 0.25) is 11.7 Å². The molecule has 0 spiro atoms. The average Bonchev–Trinajstić information content (AvgIpc) is 2.70. The van der Waals surface area contributed by atoms with Gasteiger partial charge in [0.15, 0.2) is 0 Å². The zero-order chi connectivity index (χ0) is 15.1. The molecule has 0 atom stereocenters. The van der Waals surface area contributed by atoms with E-state index >= 15 is 0 Å². The maximum atomic E-state index is 12.8. The Morgan fingerprint density at radius 1 is 1.40 bits per heavy atom. The van der Waals surface area contributed by atoms with Crippen molar-refractivity contribution in [3.63, 3.8) is 0 Å². The number of halogens is 4. The first-order valence-corrected chi connectivity index (χ1v) is 6.07. The minimum Gasteiger partial charge on any atom is -0.475 e. The van der Waals surface area contributed by atoms with Gasteiger partial charge in [-0.3, -0.25) is 0 Å². The number of nitrogens with zero attached hydrogens (tertiary/aromatic N) is 1. The normalized spacial score (nSPS) is 11.7. The number of carboxylic acids is 1. The number of aromatic nitrogens is 1. The van der Waals surface area contributed by atoms with E-state index in [0.717, 1.165) is 6.07 Å². The minimum atomic E-state index is -4.54. The van der Waals surface area contributed by atoms with Gasteiger partial charge in [-0.05, 0) is 25.1 Å². The quantitative estimate of drug-likeness (QED) is 0.885. The van der Waals surface area contributed by atoms with Gasteiger partial charge in [-0.15, -0.1) is 0 Å². The zero-order valence-corrected chi connectivity index (χ0v) is 11.5. The molecule has 1 N–H and O–H groups in total. The lowest BCUT2D eigenvalue weighted by molar-refractivity contribution is -0.138. The molecule has 0 amide bonds. The maximum absolute atomic E-state index is 12.8. The molecule has 1 heterocycles. The summed E-state index contributed by atoms with van der Waals surface area (Å²) in [5.41, 5.74) is -0.733. The van der Waals surface area contributed by atoms with E-state index in [9.17, 15) is 18.0 Å². The van der Waals surface area contributed by atoms with Crippen LogP contribution in [0.2, 0.25) is 0 Å². The summed E-state index contributed by atoms with van der Waals surface area (Å²) < 4.78 is 43.2. The van der Waals surface area contributed by atoms with E-state index in [1.165, 1.54) is 19.1 Å². The minimum absolute atomic E-state index is 0.0520. The van der Waals surface area contributed by atoms with Crippen LogP contribution in [0.5, 0.6) is 0 Å². The largest absolute Gasteiger partial charge is 0.475 e. The third kappa shape index (κ3) is 2.69. The summed E-state index contributed by atoms with van der Waals surface area (Å²) in [4.78, 5) is 14.7. The second kappa shape index (κ2) is 4.93. The first kappa shape index (κ1) is 14.6. The van der Waals surface area contributed by atoms with Gasteiger partial charge in [-0.2, -0.15) is 13.2 Å². The maximum Gasteiger partial charge on any atom is 0.417 e. The lowest BCUT2D eigenvalue weighted by Gasteiger charge is -2.09. The Morgan fingerprint density at radius 3 is 2.55 bits per heavy atom. The Labute approximate surface area is 119 Å². The van der Waals surface area contributed by atoms with Crippen molar-refractivity contribution >= 4 is 21.9 Å². The van der Waals surface area contributed by atoms with E-state index in [0.29, 0.717) is 0 Å². The molecule has 0 unspecified atom stereocenters. The van der Waals surface area contributed by atoms with Crippen LogP contribution in [0.15, 0.2) is 27.1 Å². The van der Waals surface area contributed by atoms with Gasteiger partial charge in [0.25, 0.3) is 0 Å². The number of aromatic carboxylic acids is 1. The molecule has 20 heavy (non-hydrogen) atoms. The SMILES string of the molecule is Cc1nc(-c2ccc(Br)c(C(F)(F)F)c2)oc1C(=O)O. The van der Waals surface area contributed by atoms with E-state index in [1.807, 2.05) is 0 Å². The van der Waals surface area contributed by atoms with Gasteiger partial charge in [-0.1, -0.05) is 15.9 Å². The van der Waals surface area contributed by atoms with Crippen LogP contribution in [0.1, 0.15) is 21.8 Å². The molecule has 2 aromatic rings. The number of hydrogen-bond acceptors (Lipinski definition) is 3. The summed E-state index contributed by atoms with van der Waals surface area (Å²) in [7, 11) is 0. The molecule has 1 aromatic heterocycles. The molecule has 106 valence electrons. The molecule has 0 saturated carbocycles. The highest BCUT2D eigenvalue weighted by atomic mass is 79.9. The van der Waals surface area contributed by atoms with Crippen LogP contribution in [0, 0.1) is 6.92 Å². The number of hydrogen-bond donors (Lipinski definition) is 1. The van der Waals surface area contributed by atoms with Crippen LogP contribution >= 0.6 is 15.9 Å². The molecule has 0 radical (unpaired) electrons. The number of carbonyl (C=O) groups is 1. The van der Waals surface area contributed by atoms with Crippen molar-refractivity contribution in [2.24, 2.45) is 0 Å². The summed E-state index contributed by atoms with van der Waals surface area (Å²) in [5, 5.41) is 8.83. The highest BCUT2D eigenvalue weighted by Crippen LogP contribution is 2.37. The van der Waals surface area contributed by atoms with E-state index in [1.54, 1.807) is 0 Å². The van der Waals surface area contributed by atoms with Crippen LogP contribution in [0.25, 0.3) is 11.5 Å². The fourth-order valence-electron chi connectivity index (χ4n) is 1.59. The summed E-state index contributed by atoms with van der Waals surface area (Å²) in [6.07, 6.45) is -4.54. The van der Waals surface area contributed by atoms with Gasteiger partial charge in [0.1, 0.15) is 0 Å². The molecule has 0 aliphatic rings. The first-order valence-electron chi connectivity index (χ1n) is 5.28. The summed E-state index contributed by atoms with van der Waals surface area (Å²) in [6, 6.07) is 3.41. The van der Waals surface area contributed by atoms with Gasteiger partial charge in [0.05, 0.1) is 11.3 Å². The van der Waals surface area contributed by atoms with Gasteiger partial charge >= 0.3 is 12.1 Å². The number of rotatable bonds is 2. The second-order valence-corrected chi connectivity index (χ2v) is 4.79. The van der Waals surface area contributed by atoms with Crippen molar-refractivity contribution in [2.45, 2.75) is 13.1 Å². The number of carboxylic acid groups (broad SMARTS) is 1. The molecule has 0 saturated heterocycles. The number of alkyl halides is 3. The van der Waals surface area contributed by atoms with Crippen LogP contribution < -0.4 is 0 Å². The fourth-order valence-corrected chi connectivity index (χ4v) is 2.07. The highest BCUT2D eigenvalue weighted by Gasteiger charge is 2.33. The Morgan fingerprint density at radius 2 is 2.05 bits per heavy atom. The van der Waals surface area contributed by atoms with E-state index in [2.05, 4.69) is 20.9 Å². The van der Waals surface area contributed by atoms with Crippen molar-refractivity contribution < 1.29 is 27.5 Å². The standard InChI is InChI=1S/C12H7BrF3NO3/c1-5-9(11(18)19)20-10(17-5)6-2-3-8(13)7(4-6)12(14,15)16/h2-4H,1H3,(H,18,19). The van der Waals surface area contributed by atoms with E-state index in [4.69, 9.17) is 9.52 Å². The molecular weight excluding hydrogens is 343 g/mol. The van der Waals surface area contributed by atoms with Crippen molar-refractivity contribution in [3.05, 3.63) is 39.7 Å². The number of aryl methyl sites for hydroxylation is 1. The van der Waals surface area contributed by atoms with Crippen molar-refractivity contribution in [1.29, 1.82) is 0 Å². The van der Waals surface area contributed by atoms with Crippen molar-refractivity contribution in [3.8, 4) is 11.5 Å². The lowest BCUT2D eigenvalue weighted by atomic mass is 10.1. The number of oxazole rings is 1. The zero-order valence-electron chi connectivity index (χ0n) is 9.95. The third-order valence-corrected chi connectivity index (χ3v) is 3.20. The monoisotopic (exact) mass is 349 g/mol. The van der Waals surface area contributed by atoms with Gasteiger partial charge in [0, 0.05) is 10.0 Å². The molecule has 0 bridgehead atoms. The third-order valence-electron chi connectivity index (χ3n) is 2.51. The van der Waals surface area contributed by atoms with Crippen LogP contribution in [0.3, 0.4) is 0 Å². The topological polar surface area (TPSA) is 63.3 Å². The smallest absolute Gasteiger partial charge is 0.417 e. The highest BCUT2D eigenvalue weighted by molar-refractivity contribution is 9.10. The summed E-state index contributed by atoms with van der Waals surface area (Å²) >= 11 is 2.82. The molecule has 8 heteroatoms. The van der Waals surface area contributed by atoms with Crippen LogP contribution in [0.4, 0.5) is 13.2 Å². The predicted octanol–water partition coefficient (Wildman–Crippen LogP) is 4.13. The Kier molecular flexibility index (Phi) is 3.59. The predicted molar refractivity (Wildman–Crippen MR) is 66.3 cm³/mol. The van der Waals surface area contributed by atoms with Gasteiger partial charge < -0.3 is 9.52 Å². The van der Waals surface area contributed by atoms with Crippen LogP contribution in [-0.2, 0) is 6.18 Å². The van der Waals surface area contributed by atoms with Crippen molar-refractivity contribution in [1.82, 2.24) is 4.98 Å². The Balaban J connectivity index is 2.54. The molecule has 1 aromatic carbocycles. The number of benzene rings is 1. The van der Waals surface area contributed by atoms with E-state index in [-0.39, 0.29) is 21.6 Å². The first-order chi connectivity index (χ1) is 9.20. The molecular formula is C12H7BrF3NO3. The fraction of sp³-hybridized carbons (Fsp3) is 0.167. The molecule has 4 nitrogen and oxygen atoms in total. The van der Waals surface area contributed by atoms with E-state index < -0.39 is 23.5 Å². The summed E-state index contributed by atoms with van der Waals surface area (Å²) in [6.45, 7) is 1.40. The Hall–Kier alpha value is -1.83. The van der Waals surface area contributed by atoms with Crippen molar-refractivity contribution in [2.75, 3.05) is 0 Å². The van der Waals surface area contributed by atoms with Gasteiger partial charge in [-0.25, -0.2) is 9.78 Å². The summed E-state index contributed by atoms with van der Waals surface area (Å²) in [5.74, 6) is -1.89. The average molecular weight is 350 g/mol. The molecule has 0 aliphatic heterocycles. The molecule has 2 rings (SSSR count). The second-order valence-electron chi connectivity index (χ2n) is 3.93. The lowest BCUT2D eigenvalue weighted by Crippen LogP contribution is -2.06.